The van der Waals surface area contributed by atoms with Gasteiger partial charge in [-0.05, 0) is 18.6 Å². The van der Waals surface area contributed by atoms with Gasteiger partial charge >= 0.3 is 0 Å². The second-order valence-electron chi connectivity index (χ2n) is 2.20. The third-order valence-corrected chi connectivity index (χ3v) is 1.49. The lowest BCUT2D eigenvalue weighted by Crippen LogP contribution is -2.09. The molecule has 10 heavy (non-hydrogen) atoms. The van der Waals surface area contributed by atoms with Crippen molar-refractivity contribution in [3.63, 3.8) is 0 Å². The molecular formula is C8H8BF. The third-order valence-electron chi connectivity index (χ3n) is 1.49. The van der Waals surface area contributed by atoms with E-state index in [1.54, 1.807) is 6.07 Å². The summed E-state index contributed by atoms with van der Waals surface area (Å²) in [5.74, 6) is -0.217. The molecule has 0 atom stereocenters. The van der Waals surface area contributed by atoms with Crippen molar-refractivity contribution in [2.24, 2.45) is 0 Å². The molecule has 0 spiro atoms. The van der Waals surface area contributed by atoms with Crippen LogP contribution in [-0.2, 0) is 6.42 Å². The van der Waals surface area contributed by atoms with Crippen LogP contribution in [0.15, 0.2) is 18.2 Å². The second kappa shape index (κ2) is 2.87. The molecule has 0 aliphatic heterocycles. The van der Waals surface area contributed by atoms with Crippen molar-refractivity contribution in [1.82, 2.24) is 0 Å². The van der Waals surface area contributed by atoms with Crippen LogP contribution in [0.25, 0.3) is 0 Å². The summed E-state index contributed by atoms with van der Waals surface area (Å²) in [6.07, 6.45) is 0.781. The molecule has 0 aliphatic rings. The van der Waals surface area contributed by atoms with Gasteiger partial charge in [-0.1, -0.05) is 24.0 Å². The van der Waals surface area contributed by atoms with Crippen LogP contribution in [0.1, 0.15) is 12.5 Å². The molecule has 50 valence electrons. The number of halogens is 1. The predicted molar refractivity (Wildman–Crippen MR) is 41.2 cm³/mol. The number of aryl methyl sites for hydroxylation is 1. The van der Waals surface area contributed by atoms with E-state index < -0.39 is 0 Å². The Morgan fingerprint density at radius 1 is 1.50 bits per heavy atom. The first kappa shape index (κ1) is 7.32. The van der Waals surface area contributed by atoms with Crippen molar-refractivity contribution in [2.45, 2.75) is 13.3 Å². The van der Waals surface area contributed by atoms with Gasteiger partial charge in [0.05, 0.1) is 0 Å². The molecule has 0 bridgehead atoms. The smallest absolute Gasteiger partial charge is 0.123 e. The average molecular weight is 134 g/mol. The standard InChI is InChI=1S/C8H8BF/c1-2-6-5-7(10)3-4-8(6)9/h3-5H,2H2,1H3. The van der Waals surface area contributed by atoms with Gasteiger partial charge in [-0.2, -0.15) is 0 Å². The Balaban J connectivity index is 3.09. The van der Waals surface area contributed by atoms with E-state index >= 15 is 0 Å². The summed E-state index contributed by atoms with van der Waals surface area (Å²) in [6, 6.07) is 4.43. The molecule has 0 amide bonds. The molecule has 1 rings (SSSR count). The van der Waals surface area contributed by atoms with Crippen LogP contribution in [0, 0.1) is 5.82 Å². The fraction of sp³-hybridized carbons (Fsp3) is 0.250. The van der Waals surface area contributed by atoms with Crippen LogP contribution in [0.2, 0.25) is 0 Å². The fourth-order valence-electron chi connectivity index (χ4n) is 0.881. The van der Waals surface area contributed by atoms with Crippen molar-refractivity contribution >= 4 is 13.3 Å². The molecule has 0 aliphatic carbocycles. The maximum atomic E-state index is 12.5. The second-order valence-corrected chi connectivity index (χ2v) is 2.20. The largest absolute Gasteiger partial charge is 0.207 e. The number of benzene rings is 1. The average Bonchev–Trinajstić information content (AvgIpc) is 1.94. The van der Waals surface area contributed by atoms with E-state index in [-0.39, 0.29) is 5.82 Å². The maximum Gasteiger partial charge on any atom is 0.123 e. The van der Waals surface area contributed by atoms with E-state index in [0.29, 0.717) is 5.46 Å². The topological polar surface area (TPSA) is 0 Å². The molecule has 2 heteroatoms. The lowest BCUT2D eigenvalue weighted by molar-refractivity contribution is 0.626. The maximum absolute atomic E-state index is 12.5. The van der Waals surface area contributed by atoms with Gasteiger partial charge in [0, 0.05) is 0 Å². The minimum Gasteiger partial charge on any atom is -0.207 e. The zero-order valence-corrected chi connectivity index (χ0v) is 5.89. The lowest BCUT2D eigenvalue weighted by atomic mass is 9.89. The van der Waals surface area contributed by atoms with E-state index in [0.717, 1.165) is 12.0 Å². The number of hydrogen-bond acceptors (Lipinski definition) is 0. The lowest BCUT2D eigenvalue weighted by Gasteiger charge is -2.00. The SMILES string of the molecule is [B]c1ccc(F)cc1CC. The minimum absolute atomic E-state index is 0.217. The van der Waals surface area contributed by atoms with Gasteiger partial charge < -0.3 is 0 Å². The zero-order chi connectivity index (χ0) is 7.56. The van der Waals surface area contributed by atoms with Crippen LogP contribution in [0.5, 0.6) is 0 Å². The Morgan fingerprint density at radius 2 is 2.20 bits per heavy atom. The summed E-state index contributed by atoms with van der Waals surface area (Å²) in [5, 5.41) is 0. The highest BCUT2D eigenvalue weighted by atomic mass is 19.1. The van der Waals surface area contributed by atoms with Gasteiger partial charge in [0.15, 0.2) is 0 Å². The highest BCUT2D eigenvalue weighted by Crippen LogP contribution is 2.00. The molecule has 0 N–H and O–H groups in total. The van der Waals surface area contributed by atoms with Crippen molar-refractivity contribution in [3.05, 3.63) is 29.6 Å². The first-order valence-corrected chi connectivity index (χ1v) is 3.28. The first-order chi connectivity index (χ1) is 4.74. The summed E-state index contributed by atoms with van der Waals surface area (Å²) < 4.78 is 12.5. The van der Waals surface area contributed by atoms with Gasteiger partial charge in [0.25, 0.3) is 0 Å². The van der Waals surface area contributed by atoms with Crippen LogP contribution < -0.4 is 5.46 Å². The monoisotopic (exact) mass is 134 g/mol. The van der Waals surface area contributed by atoms with Crippen molar-refractivity contribution in [2.75, 3.05) is 0 Å². The molecule has 0 unspecified atom stereocenters. The van der Waals surface area contributed by atoms with Gasteiger partial charge in [-0.15, -0.1) is 0 Å². The molecule has 1 aromatic rings. The van der Waals surface area contributed by atoms with E-state index in [2.05, 4.69) is 0 Å². The Hall–Kier alpha value is -0.785. The van der Waals surface area contributed by atoms with E-state index in [4.69, 9.17) is 7.85 Å². The highest BCUT2D eigenvalue weighted by Gasteiger charge is 1.95. The van der Waals surface area contributed by atoms with E-state index in [1.807, 2.05) is 6.92 Å². The van der Waals surface area contributed by atoms with Crippen LogP contribution in [0.4, 0.5) is 4.39 Å². The zero-order valence-electron chi connectivity index (χ0n) is 5.89. The fourth-order valence-corrected chi connectivity index (χ4v) is 0.881. The molecule has 1 aromatic carbocycles. The molecule has 0 saturated heterocycles. The summed E-state index contributed by atoms with van der Waals surface area (Å²) in [7, 11) is 5.53. The molecule has 0 heterocycles. The molecule has 0 saturated carbocycles. The third kappa shape index (κ3) is 1.38. The predicted octanol–water partition coefficient (Wildman–Crippen LogP) is 1.18. The van der Waals surface area contributed by atoms with Gasteiger partial charge in [-0.3, -0.25) is 0 Å². The van der Waals surface area contributed by atoms with Crippen LogP contribution in [0.3, 0.4) is 0 Å². The van der Waals surface area contributed by atoms with Crippen molar-refractivity contribution < 1.29 is 4.39 Å². The van der Waals surface area contributed by atoms with Crippen molar-refractivity contribution in [1.29, 1.82) is 0 Å². The molecular weight excluding hydrogens is 126 g/mol. The highest BCUT2D eigenvalue weighted by molar-refractivity contribution is 6.33. The molecule has 0 fully saturated rings. The molecule has 0 nitrogen and oxygen atoms in total. The Bertz CT molecular complexity index is 233. The van der Waals surface area contributed by atoms with Crippen LogP contribution in [-0.4, -0.2) is 7.85 Å². The summed E-state index contributed by atoms with van der Waals surface area (Å²) in [4.78, 5) is 0. The Morgan fingerprint density at radius 3 is 2.70 bits per heavy atom. The van der Waals surface area contributed by atoms with E-state index in [9.17, 15) is 4.39 Å². The number of hydrogen-bond donors (Lipinski definition) is 0. The van der Waals surface area contributed by atoms with Crippen molar-refractivity contribution in [3.8, 4) is 0 Å². The van der Waals surface area contributed by atoms with Gasteiger partial charge in [0.1, 0.15) is 13.7 Å². The van der Waals surface area contributed by atoms with E-state index in [1.165, 1.54) is 12.1 Å². The summed E-state index contributed by atoms with van der Waals surface area (Å²) >= 11 is 0. The summed E-state index contributed by atoms with van der Waals surface area (Å²) in [5.41, 5.74) is 1.55. The van der Waals surface area contributed by atoms with Gasteiger partial charge in [-0.25, -0.2) is 4.39 Å². The molecule has 0 aromatic heterocycles. The Labute approximate surface area is 61.5 Å². The summed E-state index contributed by atoms with van der Waals surface area (Å²) in [6.45, 7) is 1.95. The first-order valence-electron chi connectivity index (χ1n) is 3.28. The Kier molecular flexibility index (Phi) is 2.10. The van der Waals surface area contributed by atoms with Gasteiger partial charge in [0.2, 0.25) is 0 Å². The normalized spacial score (nSPS) is 9.80. The van der Waals surface area contributed by atoms with Crippen LogP contribution >= 0.6 is 0 Å². The quantitative estimate of drug-likeness (QED) is 0.506. The molecule has 2 radical (unpaired) electrons. The minimum atomic E-state index is -0.217. The number of rotatable bonds is 1.